The Morgan fingerprint density at radius 2 is 2.05 bits per heavy atom. The second-order valence-electron chi connectivity index (χ2n) is 5.49. The zero-order valence-corrected chi connectivity index (χ0v) is 14.2. The molecule has 1 saturated carbocycles. The minimum atomic E-state index is -0.198. The Labute approximate surface area is 137 Å². The molecule has 1 fully saturated rings. The van der Waals surface area contributed by atoms with Crippen molar-refractivity contribution in [3.63, 3.8) is 0 Å². The number of amides is 1. The van der Waals surface area contributed by atoms with E-state index in [1.807, 2.05) is 24.3 Å². The molecule has 1 amide bonds. The van der Waals surface area contributed by atoms with E-state index < -0.39 is 0 Å². The summed E-state index contributed by atoms with van der Waals surface area (Å²) < 4.78 is 10.9. The number of para-hydroxylation sites is 1. The van der Waals surface area contributed by atoms with Crippen molar-refractivity contribution >= 4 is 17.7 Å². The van der Waals surface area contributed by atoms with E-state index in [0.29, 0.717) is 17.5 Å². The molecule has 1 atom stereocenters. The summed E-state index contributed by atoms with van der Waals surface area (Å²) in [4.78, 5) is 12.0. The van der Waals surface area contributed by atoms with E-state index in [-0.39, 0.29) is 12.0 Å². The van der Waals surface area contributed by atoms with Gasteiger partial charge in [-0.05, 0) is 18.9 Å². The molecule has 1 aromatic rings. The van der Waals surface area contributed by atoms with Crippen molar-refractivity contribution in [2.45, 2.75) is 37.0 Å². The highest BCUT2D eigenvalue weighted by atomic mass is 32.2. The fourth-order valence-electron chi connectivity index (χ4n) is 2.76. The number of carbonyl (C=O) groups excluding carboxylic acids is 1. The summed E-state index contributed by atoms with van der Waals surface area (Å²) in [7, 11) is 3.29. The number of rotatable bonds is 8. The van der Waals surface area contributed by atoms with Gasteiger partial charge in [-0.15, -0.1) is 11.8 Å². The smallest absolute Gasteiger partial charge is 0.230 e. The molecule has 1 unspecified atom stereocenters. The van der Waals surface area contributed by atoms with Gasteiger partial charge in [0.15, 0.2) is 0 Å². The van der Waals surface area contributed by atoms with Crippen LogP contribution in [0.1, 0.15) is 37.4 Å². The predicted molar refractivity (Wildman–Crippen MR) is 90.5 cm³/mol. The summed E-state index contributed by atoms with van der Waals surface area (Å²) in [5, 5.41) is 3.63. The van der Waals surface area contributed by atoms with Crippen LogP contribution in [0.2, 0.25) is 0 Å². The summed E-state index contributed by atoms with van der Waals surface area (Å²) in [6.07, 6.45) is 4.91. The van der Waals surface area contributed by atoms with Crippen molar-refractivity contribution < 1.29 is 14.3 Å². The van der Waals surface area contributed by atoms with E-state index in [0.717, 1.165) is 11.3 Å². The summed E-state index contributed by atoms with van der Waals surface area (Å²) in [6, 6.07) is 7.74. The van der Waals surface area contributed by atoms with Crippen LogP contribution in [0.5, 0.6) is 5.75 Å². The van der Waals surface area contributed by atoms with Crippen molar-refractivity contribution in [1.82, 2.24) is 5.32 Å². The molecule has 122 valence electrons. The standard InChI is InChI=1S/C17H25NO3S/c1-20-15-10-6-5-9-14(15)16(21-2)11-18-17(19)12-22-13-7-3-4-8-13/h5-6,9-10,13,16H,3-4,7-8,11-12H2,1-2H3,(H,18,19). The molecule has 0 heterocycles. The summed E-state index contributed by atoms with van der Waals surface area (Å²) in [6.45, 7) is 0.459. The number of methoxy groups -OCH3 is 2. The Kier molecular flexibility index (Phi) is 7.06. The maximum absolute atomic E-state index is 12.0. The highest BCUT2D eigenvalue weighted by molar-refractivity contribution is 8.00. The highest BCUT2D eigenvalue weighted by Crippen LogP contribution is 2.29. The Morgan fingerprint density at radius 3 is 2.73 bits per heavy atom. The summed E-state index contributed by atoms with van der Waals surface area (Å²) in [5.74, 6) is 1.39. The van der Waals surface area contributed by atoms with Crippen LogP contribution in [-0.2, 0) is 9.53 Å². The number of nitrogens with one attached hydrogen (secondary N) is 1. The number of hydrogen-bond acceptors (Lipinski definition) is 4. The largest absolute Gasteiger partial charge is 0.496 e. The lowest BCUT2D eigenvalue weighted by Crippen LogP contribution is -2.31. The van der Waals surface area contributed by atoms with E-state index in [4.69, 9.17) is 9.47 Å². The number of carbonyl (C=O) groups is 1. The van der Waals surface area contributed by atoms with Gasteiger partial charge in [-0.25, -0.2) is 0 Å². The van der Waals surface area contributed by atoms with Crippen molar-refractivity contribution in [3.05, 3.63) is 29.8 Å². The molecule has 5 heteroatoms. The summed E-state index contributed by atoms with van der Waals surface area (Å²) >= 11 is 1.78. The quantitative estimate of drug-likeness (QED) is 0.798. The van der Waals surface area contributed by atoms with Crippen LogP contribution < -0.4 is 10.1 Å². The first-order valence-corrected chi connectivity index (χ1v) is 8.83. The van der Waals surface area contributed by atoms with E-state index >= 15 is 0 Å². The average Bonchev–Trinajstić information content (AvgIpc) is 3.07. The zero-order chi connectivity index (χ0) is 15.8. The van der Waals surface area contributed by atoms with Gasteiger partial charge in [-0.3, -0.25) is 4.79 Å². The lowest BCUT2D eigenvalue weighted by atomic mass is 10.1. The van der Waals surface area contributed by atoms with Gasteiger partial charge in [0.05, 0.1) is 12.9 Å². The third kappa shape index (κ3) is 4.92. The molecule has 1 aromatic carbocycles. The highest BCUT2D eigenvalue weighted by Gasteiger charge is 2.18. The SMILES string of the molecule is COc1ccccc1C(CNC(=O)CSC1CCCC1)OC. The van der Waals surface area contributed by atoms with Crippen LogP contribution in [0.25, 0.3) is 0 Å². The maximum Gasteiger partial charge on any atom is 0.230 e. The van der Waals surface area contributed by atoms with Crippen LogP contribution >= 0.6 is 11.8 Å². The molecule has 1 N–H and O–H groups in total. The van der Waals surface area contributed by atoms with Gasteiger partial charge in [-0.2, -0.15) is 0 Å². The third-order valence-electron chi connectivity index (χ3n) is 4.01. The molecule has 0 bridgehead atoms. The Morgan fingerprint density at radius 1 is 1.32 bits per heavy atom. The summed E-state index contributed by atoms with van der Waals surface area (Å²) in [5.41, 5.74) is 0.955. The Hall–Kier alpha value is -1.20. The Bertz CT molecular complexity index is 475. The van der Waals surface area contributed by atoms with E-state index in [1.165, 1.54) is 25.7 Å². The lowest BCUT2D eigenvalue weighted by molar-refractivity contribution is -0.119. The van der Waals surface area contributed by atoms with Crippen LogP contribution in [0.3, 0.4) is 0 Å². The van der Waals surface area contributed by atoms with E-state index in [9.17, 15) is 4.79 Å². The predicted octanol–water partition coefficient (Wildman–Crippen LogP) is 3.17. The van der Waals surface area contributed by atoms with Gasteiger partial charge < -0.3 is 14.8 Å². The molecule has 0 radical (unpaired) electrons. The minimum absolute atomic E-state index is 0.0776. The van der Waals surface area contributed by atoms with Crippen molar-refractivity contribution in [1.29, 1.82) is 0 Å². The Balaban J connectivity index is 1.81. The van der Waals surface area contributed by atoms with Gasteiger partial charge in [-0.1, -0.05) is 31.0 Å². The molecule has 0 saturated heterocycles. The van der Waals surface area contributed by atoms with Crippen LogP contribution in [0.15, 0.2) is 24.3 Å². The third-order valence-corrected chi connectivity index (χ3v) is 5.38. The molecule has 1 aliphatic carbocycles. The number of benzene rings is 1. The average molecular weight is 323 g/mol. The van der Waals surface area contributed by atoms with Gasteiger partial charge >= 0.3 is 0 Å². The van der Waals surface area contributed by atoms with E-state index in [1.54, 1.807) is 26.0 Å². The fraction of sp³-hybridized carbons (Fsp3) is 0.588. The maximum atomic E-state index is 12.0. The van der Waals surface area contributed by atoms with Gasteiger partial charge in [0, 0.05) is 24.5 Å². The molecule has 0 spiro atoms. The first kappa shape index (κ1) is 17.2. The molecular weight excluding hydrogens is 298 g/mol. The number of hydrogen-bond donors (Lipinski definition) is 1. The first-order valence-electron chi connectivity index (χ1n) is 7.78. The number of thioether (sulfide) groups is 1. The van der Waals surface area contributed by atoms with Gasteiger partial charge in [0.25, 0.3) is 0 Å². The van der Waals surface area contributed by atoms with Gasteiger partial charge in [0.1, 0.15) is 11.9 Å². The zero-order valence-electron chi connectivity index (χ0n) is 13.3. The molecule has 2 rings (SSSR count). The number of ether oxygens (including phenoxy) is 2. The van der Waals surface area contributed by atoms with Crippen molar-refractivity contribution in [3.8, 4) is 5.75 Å². The van der Waals surface area contributed by atoms with Crippen molar-refractivity contribution in [2.75, 3.05) is 26.5 Å². The fourth-order valence-corrected chi connectivity index (χ4v) is 3.91. The van der Waals surface area contributed by atoms with Crippen LogP contribution in [0, 0.1) is 0 Å². The first-order chi connectivity index (χ1) is 10.7. The minimum Gasteiger partial charge on any atom is -0.496 e. The second kappa shape index (κ2) is 9.06. The molecule has 1 aliphatic rings. The normalized spacial score (nSPS) is 16.5. The lowest BCUT2D eigenvalue weighted by Gasteiger charge is -2.19. The second-order valence-corrected chi connectivity index (χ2v) is 6.78. The molecular formula is C17H25NO3S. The van der Waals surface area contributed by atoms with Gasteiger partial charge in [0.2, 0.25) is 5.91 Å². The topological polar surface area (TPSA) is 47.6 Å². The van der Waals surface area contributed by atoms with Crippen LogP contribution in [-0.4, -0.2) is 37.7 Å². The molecule has 0 aromatic heterocycles. The van der Waals surface area contributed by atoms with E-state index in [2.05, 4.69) is 5.32 Å². The molecule has 0 aliphatic heterocycles. The van der Waals surface area contributed by atoms with Crippen molar-refractivity contribution in [2.24, 2.45) is 0 Å². The molecule has 22 heavy (non-hydrogen) atoms. The van der Waals surface area contributed by atoms with Crippen LogP contribution in [0.4, 0.5) is 0 Å². The molecule has 4 nitrogen and oxygen atoms in total. The monoisotopic (exact) mass is 323 g/mol.